The standard InChI is InChI=1S/C17H15NO2/c1-2-9-20-17-10-15(7-8-16(17)12-19)14-5-3-13(11-18)4-6-14/h3-8,10,12H,2,9H2,1H3. The van der Waals surface area contributed by atoms with Crippen LogP contribution in [-0.2, 0) is 0 Å². The number of aldehydes is 1. The number of carbonyl (C=O) groups excluding carboxylic acids is 1. The summed E-state index contributed by atoms with van der Waals surface area (Å²) < 4.78 is 5.60. The van der Waals surface area contributed by atoms with Crippen molar-refractivity contribution in [3.63, 3.8) is 0 Å². The Morgan fingerprint density at radius 1 is 1.15 bits per heavy atom. The largest absolute Gasteiger partial charge is 0.493 e. The Morgan fingerprint density at radius 3 is 2.45 bits per heavy atom. The van der Waals surface area contributed by atoms with Crippen molar-refractivity contribution < 1.29 is 9.53 Å². The molecule has 0 spiro atoms. The zero-order chi connectivity index (χ0) is 14.4. The number of hydrogen-bond acceptors (Lipinski definition) is 3. The van der Waals surface area contributed by atoms with Crippen LogP contribution in [0.1, 0.15) is 29.3 Å². The van der Waals surface area contributed by atoms with Crippen LogP contribution in [0.3, 0.4) is 0 Å². The third-order valence-electron chi connectivity index (χ3n) is 2.95. The van der Waals surface area contributed by atoms with Gasteiger partial charge in [0.2, 0.25) is 0 Å². The molecule has 0 amide bonds. The molecule has 0 bridgehead atoms. The van der Waals surface area contributed by atoms with Gasteiger partial charge in [0, 0.05) is 0 Å². The van der Waals surface area contributed by atoms with Crippen molar-refractivity contribution in [3.8, 4) is 22.9 Å². The van der Waals surface area contributed by atoms with Crippen molar-refractivity contribution in [3.05, 3.63) is 53.6 Å². The second-order valence-corrected chi connectivity index (χ2v) is 4.41. The van der Waals surface area contributed by atoms with E-state index in [9.17, 15) is 4.79 Å². The van der Waals surface area contributed by atoms with E-state index in [1.165, 1.54) is 0 Å². The van der Waals surface area contributed by atoms with Crippen LogP contribution in [0.15, 0.2) is 42.5 Å². The first-order chi connectivity index (χ1) is 9.78. The van der Waals surface area contributed by atoms with Gasteiger partial charge in [0.05, 0.1) is 23.8 Å². The van der Waals surface area contributed by atoms with Crippen LogP contribution in [0.2, 0.25) is 0 Å². The van der Waals surface area contributed by atoms with Crippen LogP contribution in [-0.4, -0.2) is 12.9 Å². The van der Waals surface area contributed by atoms with Gasteiger partial charge in [-0.25, -0.2) is 0 Å². The fourth-order valence-electron chi connectivity index (χ4n) is 1.89. The van der Waals surface area contributed by atoms with E-state index in [-0.39, 0.29) is 0 Å². The Balaban J connectivity index is 2.36. The number of ether oxygens (including phenoxy) is 1. The van der Waals surface area contributed by atoms with Gasteiger partial charge in [0.15, 0.2) is 6.29 Å². The van der Waals surface area contributed by atoms with Gasteiger partial charge in [-0.3, -0.25) is 4.79 Å². The molecule has 2 rings (SSSR count). The molecule has 0 fully saturated rings. The third kappa shape index (κ3) is 3.04. The number of carbonyl (C=O) groups is 1. The summed E-state index contributed by atoms with van der Waals surface area (Å²) in [5.41, 5.74) is 3.13. The number of nitriles is 1. The first-order valence-corrected chi connectivity index (χ1v) is 6.51. The SMILES string of the molecule is CCCOc1cc(-c2ccc(C#N)cc2)ccc1C=O. The summed E-state index contributed by atoms with van der Waals surface area (Å²) >= 11 is 0. The maximum absolute atomic E-state index is 11.0. The summed E-state index contributed by atoms with van der Waals surface area (Å²) in [5, 5.41) is 8.80. The van der Waals surface area contributed by atoms with E-state index >= 15 is 0 Å². The maximum atomic E-state index is 11.0. The van der Waals surface area contributed by atoms with Crippen molar-refractivity contribution >= 4 is 6.29 Å². The Kier molecular flexibility index (Phi) is 4.52. The number of rotatable bonds is 5. The van der Waals surface area contributed by atoms with Gasteiger partial charge in [-0.15, -0.1) is 0 Å². The van der Waals surface area contributed by atoms with E-state index in [4.69, 9.17) is 10.00 Å². The van der Waals surface area contributed by atoms with Crippen LogP contribution in [0.4, 0.5) is 0 Å². The maximum Gasteiger partial charge on any atom is 0.153 e. The molecule has 0 N–H and O–H groups in total. The highest BCUT2D eigenvalue weighted by Gasteiger charge is 2.06. The average Bonchev–Trinajstić information content (AvgIpc) is 2.52. The molecule has 100 valence electrons. The Morgan fingerprint density at radius 2 is 1.85 bits per heavy atom. The second-order valence-electron chi connectivity index (χ2n) is 4.41. The highest BCUT2D eigenvalue weighted by atomic mass is 16.5. The smallest absolute Gasteiger partial charge is 0.153 e. The number of benzene rings is 2. The minimum atomic E-state index is 0.552. The summed E-state index contributed by atoms with van der Waals surface area (Å²) in [6.45, 7) is 2.60. The molecule has 0 atom stereocenters. The molecule has 0 aliphatic rings. The fourth-order valence-corrected chi connectivity index (χ4v) is 1.89. The first-order valence-electron chi connectivity index (χ1n) is 6.51. The van der Waals surface area contributed by atoms with Crippen LogP contribution in [0.5, 0.6) is 5.75 Å². The van der Waals surface area contributed by atoms with E-state index in [1.807, 2.05) is 31.2 Å². The van der Waals surface area contributed by atoms with Gasteiger partial charge in [-0.2, -0.15) is 5.26 Å². The average molecular weight is 265 g/mol. The molecular formula is C17H15NO2. The normalized spacial score (nSPS) is 9.80. The molecule has 0 aliphatic carbocycles. The lowest BCUT2D eigenvalue weighted by molar-refractivity contribution is 0.111. The quantitative estimate of drug-likeness (QED) is 0.772. The molecule has 2 aromatic carbocycles. The topological polar surface area (TPSA) is 50.1 Å². The van der Waals surface area contributed by atoms with Gasteiger partial charge >= 0.3 is 0 Å². The van der Waals surface area contributed by atoms with E-state index < -0.39 is 0 Å². The van der Waals surface area contributed by atoms with E-state index in [1.54, 1.807) is 18.2 Å². The lowest BCUT2D eigenvalue weighted by Crippen LogP contribution is -1.98. The van der Waals surface area contributed by atoms with Crippen LogP contribution in [0.25, 0.3) is 11.1 Å². The minimum absolute atomic E-state index is 0.552. The summed E-state index contributed by atoms with van der Waals surface area (Å²) in [7, 11) is 0. The summed E-state index contributed by atoms with van der Waals surface area (Å²) in [4.78, 5) is 11.0. The van der Waals surface area contributed by atoms with Crippen LogP contribution >= 0.6 is 0 Å². The minimum Gasteiger partial charge on any atom is -0.493 e. The molecule has 0 aliphatic heterocycles. The second kappa shape index (κ2) is 6.53. The summed E-state index contributed by atoms with van der Waals surface area (Å²) in [5.74, 6) is 0.601. The highest BCUT2D eigenvalue weighted by molar-refractivity contribution is 5.82. The molecule has 3 heteroatoms. The zero-order valence-electron chi connectivity index (χ0n) is 11.3. The molecule has 0 radical (unpaired) electrons. The Bertz CT molecular complexity index is 639. The third-order valence-corrected chi connectivity index (χ3v) is 2.95. The highest BCUT2D eigenvalue weighted by Crippen LogP contribution is 2.27. The molecule has 0 heterocycles. The molecule has 0 unspecified atom stereocenters. The van der Waals surface area contributed by atoms with E-state index in [0.29, 0.717) is 23.5 Å². The van der Waals surface area contributed by atoms with Crippen LogP contribution in [0, 0.1) is 11.3 Å². The zero-order valence-corrected chi connectivity index (χ0v) is 11.3. The number of hydrogen-bond donors (Lipinski definition) is 0. The molecule has 2 aromatic rings. The van der Waals surface area contributed by atoms with Gasteiger partial charge in [-0.05, 0) is 41.8 Å². The predicted octanol–water partition coefficient (Wildman–Crippen LogP) is 3.83. The molecule has 3 nitrogen and oxygen atoms in total. The van der Waals surface area contributed by atoms with Crippen molar-refractivity contribution in [1.29, 1.82) is 5.26 Å². The monoisotopic (exact) mass is 265 g/mol. The van der Waals surface area contributed by atoms with Crippen LogP contribution < -0.4 is 4.74 Å². The summed E-state index contributed by atoms with van der Waals surface area (Å²) in [6.07, 6.45) is 1.69. The molecule has 0 saturated carbocycles. The molecule has 20 heavy (non-hydrogen) atoms. The molecule has 0 aromatic heterocycles. The summed E-state index contributed by atoms with van der Waals surface area (Å²) in [6, 6.07) is 14.9. The van der Waals surface area contributed by atoms with Gasteiger partial charge in [0.1, 0.15) is 5.75 Å². The lowest BCUT2D eigenvalue weighted by Gasteiger charge is -2.10. The van der Waals surface area contributed by atoms with Gasteiger partial charge in [0.25, 0.3) is 0 Å². The Hall–Kier alpha value is -2.60. The van der Waals surface area contributed by atoms with Gasteiger partial charge in [-0.1, -0.05) is 25.1 Å². The van der Waals surface area contributed by atoms with Crippen molar-refractivity contribution in [2.45, 2.75) is 13.3 Å². The Labute approximate surface area is 118 Å². The van der Waals surface area contributed by atoms with Crippen molar-refractivity contribution in [1.82, 2.24) is 0 Å². The van der Waals surface area contributed by atoms with Crippen molar-refractivity contribution in [2.75, 3.05) is 6.61 Å². The number of nitrogens with zero attached hydrogens (tertiary/aromatic N) is 1. The van der Waals surface area contributed by atoms with Crippen molar-refractivity contribution in [2.24, 2.45) is 0 Å². The fraction of sp³-hybridized carbons (Fsp3) is 0.176. The first kappa shape index (κ1) is 13.8. The lowest BCUT2D eigenvalue weighted by atomic mass is 10.0. The molecule has 0 saturated heterocycles. The van der Waals surface area contributed by atoms with E-state index in [2.05, 4.69) is 6.07 Å². The van der Waals surface area contributed by atoms with E-state index in [0.717, 1.165) is 23.8 Å². The predicted molar refractivity (Wildman–Crippen MR) is 77.8 cm³/mol. The van der Waals surface area contributed by atoms with Gasteiger partial charge < -0.3 is 4.74 Å². The molecular weight excluding hydrogens is 250 g/mol.